The predicted molar refractivity (Wildman–Crippen MR) is 82.7 cm³/mol. The first-order chi connectivity index (χ1) is 11.1. The standard InChI is InChI=1S/C18H12O5/c19-11-5-3-4-10(8-11)13-9-15(20)23-17-12-6-1-2-7-14(12)22-18(21)16(13)17/h1-8,13,19H,9H2. The van der Waals surface area contributed by atoms with E-state index in [1.165, 1.54) is 6.07 Å². The van der Waals surface area contributed by atoms with Crippen molar-refractivity contribution in [2.75, 3.05) is 0 Å². The van der Waals surface area contributed by atoms with Gasteiger partial charge in [-0.2, -0.15) is 0 Å². The average molecular weight is 308 g/mol. The molecule has 5 heteroatoms. The minimum atomic E-state index is -0.528. The highest BCUT2D eigenvalue weighted by molar-refractivity contribution is 5.90. The van der Waals surface area contributed by atoms with Crippen LogP contribution in [0.3, 0.4) is 0 Å². The van der Waals surface area contributed by atoms with E-state index in [1.54, 1.807) is 42.5 Å². The molecule has 23 heavy (non-hydrogen) atoms. The Morgan fingerprint density at radius 1 is 1.04 bits per heavy atom. The van der Waals surface area contributed by atoms with E-state index in [2.05, 4.69) is 0 Å². The maximum atomic E-state index is 12.4. The van der Waals surface area contributed by atoms with Gasteiger partial charge in [-0.3, -0.25) is 4.79 Å². The lowest BCUT2D eigenvalue weighted by Gasteiger charge is -2.24. The second-order valence-electron chi connectivity index (χ2n) is 5.45. The zero-order valence-corrected chi connectivity index (χ0v) is 12.0. The van der Waals surface area contributed by atoms with Crippen molar-refractivity contribution in [1.29, 1.82) is 0 Å². The topological polar surface area (TPSA) is 76.7 Å². The van der Waals surface area contributed by atoms with E-state index in [1.807, 2.05) is 0 Å². The maximum Gasteiger partial charge on any atom is 0.343 e. The van der Waals surface area contributed by atoms with Crippen molar-refractivity contribution in [1.82, 2.24) is 0 Å². The number of carbonyl (C=O) groups excluding carboxylic acids is 1. The van der Waals surface area contributed by atoms with Gasteiger partial charge in [0.05, 0.1) is 17.4 Å². The van der Waals surface area contributed by atoms with Gasteiger partial charge in [0.2, 0.25) is 0 Å². The largest absolute Gasteiger partial charge is 0.508 e. The van der Waals surface area contributed by atoms with E-state index in [9.17, 15) is 14.7 Å². The van der Waals surface area contributed by atoms with E-state index in [0.717, 1.165) is 0 Å². The molecule has 1 unspecified atom stereocenters. The number of esters is 1. The lowest BCUT2D eigenvalue weighted by molar-refractivity contribution is -0.135. The first-order valence-corrected chi connectivity index (χ1v) is 7.19. The second kappa shape index (κ2) is 4.98. The molecule has 0 saturated carbocycles. The molecule has 0 bridgehead atoms. The zero-order valence-electron chi connectivity index (χ0n) is 12.0. The van der Waals surface area contributed by atoms with Crippen LogP contribution in [0.1, 0.15) is 23.5 Å². The number of fused-ring (bicyclic) bond motifs is 3. The third-order valence-corrected chi connectivity index (χ3v) is 4.01. The number of phenolic OH excluding ortho intramolecular Hbond substituents is 1. The van der Waals surface area contributed by atoms with Crippen molar-refractivity contribution in [3.8, 4) is 11.5 Å². The number of aromatic hydroxyl groups is 1. The molecule has 2 aromatic carbocycles. The molecule has 0 fully saturated rings. The molecule has 0 saturated heterocycles. The first-order valence-electron chi connectivity index (χ1n) is 7.19. The molecule has 3 aromatic rings. The van der Waals surface area contributed by atoms with Gasteiger partial charge in [0.25, 0.3) is 0 Å². The lowest BCUT2D eigenvalue weighted by atomic mass is 9.86. The minimum absolute atomic E-state index is 0.0273. The molecule has 0 aliphatic carbocycles. The quantitative estimate of drug-likeness (QED) is 0.552. The molecule has 4 rings (SSSR count). The van der Waals surface area contributed by atoms with E-state index in [4.69, 9.17) is 9.15 Å². The number of hydrogen-bond donors (Lipinski definition) is 1. The van der Waals surface area contributed by atoms with Gasteiger partial charge in [-0.1, -0.05) is 24.3 Å². The van der Waals surface area contributed by atoms with Crippen molar-refractivity contribution < 1.29 is 19.1 Å². The Kier molecular flexibility index (Phi) is 2.94. The van der Waals surface area contributed by atoms with E-state index >= 15 is 0 Å². The zero-order chi connectivity index (χ0) is 16.0. The number of phenols is 1. The Hall–Kier alpha value is -3.08. The van der Waals surface area contributed by atoms with Gasteiger partial charge in [-0.15, -0.1) is 0 Å². The van der Waals surface area contributed by atoms with Crippen molar-refractivity contribution in [2.45, 2.75) is 12.3 Å². The maximum absolute atomic E-state index is 12.4. The molecule has 0 radical (unpaired) electrons. The van der Waals surface area contributed by atoms with Crippen molar-refractivity contribution in [3.05, 3.63) is 70.1 Å². The van der Waals surface area contributed by atoms with Gasteiger partial charge in [-0.25, -0.2) is 4.79 Å². The van der Waals surface area contributed by atoms with Crippen molar-refractivity contribution >= 4 is 16.9 Å². The summed E-state index contributed by atoms with van der Waals surface area (Å²) in [6.45, 7) is 0. The molecule has 1 aromatic heterocycles. The van der Waals surface area contributed by atoms with Gasteiger partial charge in [0, 0.05) is 5.92 Å². The summed E-state index contributed by atoms with van der Waals surface area (Å²) in [4.78, 5) is 24.5. The number of rotatable bonds is 1. The number of ether oxygens (including phenoxy) is 1. The van der Waals surface area contributed by atoms with Crippen LogP contribution in [0.2, 0.25) is 0 Å². The van der Waals surface area contributed by atoms with Crippen molar-refractivity contribution in [2.24, 2.45) is 0 Å². The molecule has 0 amide bonds. The smallest absolute Gasteiger partial charge is 0.343 e. The Balaban J connectivity index is 2.02. The van der Waals surface area contributed by atoms with E-state index < -0.39 is 17.5 Å². The Bertz CT molecular complexity index is 986. The number of carbonyl (C=O) groups is 1. The molecule has 1 aliphatic heterocycles. The van der Waals surface area contributed by atoms with Gasteiger partial charge in [0.15, 0.2) is 5.75 Å². The summed E-state index contributed by atoms with van der Waals surface area (Å²) in [6.07, 6.45) is 0.0273. The molecule has 5 nitrogen and oxygen atoms in total. The Morgan fingerprint density at radius 2 is 1.87 bits per heavy atom. The summed E-state index contributed by atoms with van der Waals surface area (Å²) in [5, 5.41) is 10.3. The molecule has 1 N–H and O–H groups in total. The Labute approximate surface area is 130 Å². The van der Waals surface area contributed by atoms with Crippen LogP contribution in [0.25, 0.3) is 11.0 Å². The van der Waals surface area contributed by atoms with Crippen LogP contribution < -0.4 is 10.4 Å². The summed E-state index contributed by atoms with van der Waals surface area (Å²) in [5.41, 5.74) is 0.833. The SMILES string of the molecule is O=C1CC(c2cccc(O)c2)c2c(c3ccccc3oc2=O)O1. The van der Waals surface area contributed by atoms with Crippen LogP contribution in [0.4, 0.5) is 0 Å². The third kappa shape index (κ3) is 2.17. The highest BCUT2D eigenvalue weighted by Gasteiger charge is 2.33. The van der Waals surface area contributed by atoms with Crippen LogP contribution in [0.5, 0.6) is 11.5 Å². The summed E-state index contributed by atoms with van der Waals surface area (Å²) in [5.74, 6) is -0.588. The fourth-order valence-electron chi connectivity index (χ4n) is 3.00. The van der Waals surface area contributed by atoms with Crippen molar-refractivity contribution in [3.63, 3.8) is 0 Å². The lowest BCUT2D eigenvalue weighted by Crippen LogP contribution is -2.26. The van der Waals surface area contributed by atoms with Gasteiger partial charge in [0.1, 0.15) is 11.3 Å². The average Bonchev–Trinajstić information content (AvgIpc) is 2.54. The van der Waals surface area contributed by atoms with Crippen LogP contribution in [0, 0.1) is 0 Å². The first kappa shape index (κ1) is 13.6. The summed E-state index contributed by atoms with van der Waals surface area (Å²) >= 11 is 0. The van der Waals surface area contributed by atoms with Gasteiger partial charge < -0.3 is 14.3 Å². The van der Waals surface area contributed by atoms with E-state index in [0.29, 0.717) is 22.1 Å². The highest BCUT2D eigenvalue weighted by Crippen LogP contribution is 2.40. The highest BCUT2D eigenvalue weighted by atomic mass is 16.5. The molecule has 1 atom stereocenters. The molecule has 0 spiro atoms. The predicted octanol–water partition coefficient (Wildman–Crippen LogP) is 2.94. The van der Waals surface area contributed by atoms with Gasteiger partial charge in [-0.05, 0) is 29.8 Å². The van der Waals surface area contributed by atoms with Crippen LogP contribution in [0.15, 0.2) is 57.7 Å². The second-order valence-corrected chi connectivity index (χ2v) is 5.45. The normalized spacial score (nSPS) is 16.9. The molecule has 114 valence electrons. The molecule has 2 heterocycles. The monoisotopic (exact) mass is 308 g/mol. The Morgan fingerprint density at radius 3 is 2.70 bits per heavy atom. The molecular formula is C18H12O5. The third-order valence-electron chi connectivity index (χ3n) is 4.01. The summed E-state index contributed by atoms with van der Waals surface area (Å²) < 4.78 is 10.7. The molecular weight excluding hydrogens is 296 g/mol. The van der Waals surface area contributed by atoms with Crippen LogP contribution in [-0.2, 0) is 4.79 Å². The summed E-state index contributed by atoms with van der Waals surface area (Å²) in [6, 6.07) is 13.5. The summed E-state index contributed by atoms with van der Waals surface area (Å²) in [7, 11) is 0. The fraction of sp³-hybridized carbons (Fsp3) is 0.111. The fourth-order valence-corrected chi connectivity index (χ4v) is 3.00. The minimum Gasteiger partial charge on any atom is -0.508 e. The van der Waals surface area contributed by atoms with Crippen LogP contribution >= 0.6 is 0 Å². The van der Waals surface area contributed by atoms with Gasteiger partial charge >= 0.3 is 11.6 Å². The van der Waals surface area contributed by atoms with E-state index in [-0.39, 0.29) is 17.9 Å². The van der Waals surface area contributed by atoms with Crippen LogP contribution in [-0.4, -0.2) is 11.1 Å². The number of benzene rings is 2. The molecule has 1 aliphatic rings. The number of para-hydroxylation sites is 1. The number of hydrogen-bond acceptors (Lipinski definition) is 5.